The number of alkyl halides is 3. The Kier molecular flexibility index (Phi) is 8.14. The van der Waals surface area contributed by atoms with E-state index in [1.165, 1.54) is 24.3 Å². The molecule has 1 aliphatic heterocycles. The van der Waals surface area contributed by atoms with E-state index in [9.17, 15) is 22.8 Å². The summed E-state index contributed by atoms with van der Waals surface area (Å²) in [6.45, 7) is 0.391. The molecule has 1 aliphatic rings. The lowest BCUT2D eigenvalue weighted by Crippen LogP contribution is -2.43. The fraction of sp³-hybridized carbons (Fsp3) is 0.467. The molecule has 0 spiro atoms. The number of anilines is 1. The molecule has 1 saturated heterocycles. The highest BCUT2D eigenvalue weighted by atomic mass is 35.5. The largest absolute Gasteiger partial charge is 0.405 e. The SMILES string of the molecule is Cl.O=C(CC1COCCN1)Nc1ccc(C(=O)NCC(F)(F)F)cc1. The fourth-order valence-corrected chi connectivity index (χ4v) is 2.17. The van der Waals surface area contributed by atoms with Crippen LogP contribution in [0.1, 0.15) is 16.8 Å². The zero-order valence-electron chi connectivity index (χ0n) is 13.2. The molecule has 1 heterocycles. The number of rotatable bonds is 5. The third kappa shape index (κ3) is 7.72. The molecule has 0 aliphatic carbocycles. The molecule has 1 unspecified atom stereocenters. The van der Waals surface area contributed by atoms with Crippen molar-refractivity contribution < 1.29 is 27.5 Å². The maximum Gasteiger partial charge on any atom is 0.405 e. The second-order valence-electron chi connectivity index (χ2n) is 5.35. The van der Waals surface area contributed by atoms with Crippen molar-refractivity contribution >= 4 is 29.9 Å². The first kappa shape index (κ1) is 21.2. The molecule has 0 bridgehead atoms. The van der Waals surface area contributed by atoms with Crippen LogP contribution in [0.4, 0.5) is 18.9 Å². The number of hydrogen-bond acceptors (Lipinski definition) is 4. The van der Waals surface area contributed by atoms with Crippen LogP contribution in [0.3, 0.4) is 0 Å². The molecule has 1 aromatic rings. The van der Waals surface area contributed by atoms with Gasteiger partial charge in [-0.25, -0.2) is 0 Å². The quantitative estimate of drug-likeness (QED) is 0.725. The van der Waals surface area contributed by atoms with Gasteiger partial charge >= 0.3 is 6.18 Å². The average Bonchev–Trinajstić information content (AvgIpc) is 2.53. The number of hydrogen-bond donors (Lipinski definition) is 3. The van der Waals surface area contributed by atoms with Gasteiger partial charge in [0.2, 0.25) is 5.91 Å². The minimum absolute atomic E-state index is 0. The second-order valence-corrected chi connectivity index (χ2v) is 5.35. The number of ether oxygens (including phenoxy) is 1. The van der Waals surface area contributed by atoms with E-state index >= 15 is 0 Å². The van der Waals surface area contributed by atoms with E-state index < -0.39 is 18.6 Å². The molecule has 3 N–H and O–H groups in total. The number of carbonyl (C=O) groups is 2. The summed E-state index contributed by atoms with van der Waals surface area (Å²) in [6, 6.07) is 5.58. The second kappa shape index (κ2) is 9.59. The van der Waals surface area contributed by atoms with Crippen molar-refractivity contribution in [2.24, 2.45) is 0 Å². The molecule has 0 saturated carbocycles. The van der Waals surface area contributed by atoms with Crippen LogP contribution in [-0.2, 0) is 9.53 Å². The lowest BCUT2D eigenvalue weighted by atomic mass is 10.1. The molecule has 0 aromatic heterocycles. The van der Waals surface area contributed by atoms with Gasteiger partial charge in [0.15, 0.2) is 0 Å². The van der Waals surface area contributed by atoms with Crippen LogP contribution < -0.4 is 16.0 Å². The van der Waals surface area contributed by atoms with E-state index in [1.54, 1.807) is 5.32 Å². The molecule has 1 fully saturated rings. The predicted octanol–water partition coefficient (Wildman–Crippen LogP) is 1.72. The van der Waals surface area contributed by atoms with E-state index in [4.69, 9.17) is 4.74 Å². The zero-order chi connectivity index (χ0) is 17.6. The van der Waals surface area contributed by atoms with Gasteiger partial charge in [0.05, 0.1) is 13.2 Å². The summed E-state index contributed by atoms with van der Waals surface area (Å²) < 4.78 is 41.4. The number of halogens is 4. The molecule has 10 heteroatoms. The van der Waals surface area contributed by atoms with Gasteiger partial charge in [0.1, 0.15) is 6.54 Å². The summed E-state index contributed by atoms with van der Waals surface area (Å²) in [6.07, 6.45) is -4.21. The molecular formula is C15H19ClF3N3O3. The highest BCUT2D eigenvalue weighted by Gasteiger charge is 2.27. The van der Waals surface area contributed by atoms with Crippen LogP contribution in [-0.4, -0.2) is 50.3 Å². The van der Waals surface area contributed by atoms with Crippen molar-refractivity contribution in [2.45, 2.75) is 18.6 Å². The average molecular weight is 382 g/mol. The van der Waals surface area contributed by atoms with Gasteiger partial charge in [0.25, 0.3) is 5.91 Å². The third-order valence-electron chi connectivity index (χ3n) is 3.31. The Bertz CT molecular complexity index is 576. The maximum absolute atomic E-state index is 12.1. The highest BCUT2D eigenvalue weighted by Crippen LogP contribution is 2.14. The summed E-state index contributed by atoms with van der Waals surface area (Å²) in [4.78, 5) is 23.5. The Morgan fingerprint density at radius 2 is 1.92 bits per heavy atom. The summed E-state index contributed by atoms with van der Waals surface area (Å²) in [7, 11) is 0. The first-order valence-corrected chi connectivity index (χ1v) is 7.39. The number of nitrogens with one attached hydrogen (secondary N) is 3. The molecular weight excluding hydrogens is 363 g/mol. The van der Waals surface area contributed by atoms with Crippen molar-refractivity contribution in [2.75, 3.05) is 31.6 Å². The van der Waals surface area contributed by atoms with Crippen LogP contribution in [0.25, 0.3) is 0 Å². The van der Waals surface area contributed by atoms with E-state index in [-0.39, 0.29) is 36.3 Å². The minimum Gasteiger partial charge on any atom is -0.378 e. The Morgan fingerprint density at radius 1 is 1.24 bits per heavy atom. The zero-order valence-corrected chi connectivity index (χ0v) is 14.0. The van der Waals surface area contributed by atoms with Gasteiger partial charge in [-0.2, -0.15) is 13.2 Å². The van der Waals surface area contributed by atoms with Crippen molar-refractivity contribution in [3.63, 3.8) is 0 Å². The Balaban J connectivity index is 0.00000312. The lowest BCUT2D eigenvalue weighted by Gasteiger charge is -2.23. The van der Waals surface area contributed by atoms with E-state index in [0.717, 1.165) is 0 Å². The van der Waals surface area contributed by atoms with Gasteiger partial charge < -0.3 is 20.7 Å². The van der Waals surface area contributed by atoms with E-state index in [2.05, 4.69) is 10.6 Å². The molecule has 2 amide bonds. The van der Waals surface area contributed by atoms with Crippen LogP contribution in [0, 0.1) is 0 Å². The van der Waals surface area contributed by atoms with Gasteiger partial charge in [-0.05, 0) is 24.3 Å². The van der Waals surface area contributed by atoms with Crippen molar-refractivity contribution in [3.05, 3.63) is 29.8 Å². The first-order valence-electron chi connectivity index (χ1n) is 7.39. The Labute approximate surface area is 148 Å². The fourth-order valence-electron chi connectivity index (χ4n) is 2.17. The van der Waals surface area contributed by atoms with E-state index in [1.807, 2.05) is 0 Å². The summed E-state index contributed by atoms with van der Waals surface area (Å²) in [5.74, 6) is -1.04. The Hall–Kier alpha value is -1.84. The predicted molar refractivity (Wildman–Crippen MR) is 87.9 cm³/mol. The van der Waals surface area contributed by atoms with Crippen LogP contribution in [0.15, 0.2) is 24.3 Å². The van der Waals surface area contributed by atoms with Crippen LogP contribution in [0.5, 0.6) is 0 Å². The molecule has 2 rings (SSSR count). The van der Waals surface area contributed by atoms with Gasteiger partial charge in [-0.3, -0.25) is 9.59 Å². The summed E-state index contributed by atoms with van der Waals surface area (Å²) >= 11 is 0. The van der Waals surface area contributed by atoms with Gasteiger partial charge in [-0.15, -0.1) is 12.4 Å². The summed E-state index contributed by atoms with van der Waals surface area (Å²) in [5, 5.41) is 7.60. The molecule has 1 aromatic carbocycles. The lowest BCUT2D eigenvalue weighted by molar-refractivity contribution is -0.123. The van der Waals surface area contributed by atoms with Crippen molar-refractivity contribution in [3.8, 4) is 0 Å². The summed E-state index contributed by atoms with van der Waals surface area (Å²) in [5.41, 5.74) is 0.545. The van der Waals surface area contributed by atoms with Crippen molar-refractivity contribution in [1.29, 1.82) is 0 Å². The smallest absolute Gasteiger partial charge is 0.378 e. The van der Waals surface area contributed by atoms with Crippen molar-refractivity contribution in [1.82, 2.24) is 10.6 Å². The van der Waals surface area contributed by atoms with Crippen LogP contribution in [0.2, 0.25) is 0 Å². The highest BCUT2D eigenvalue weighted by molar-refractivity contribution is 5.95. The number of amides is 2. The Morgan fingerprint density at radius 3 is 2.48 bits per heavy atom. The topological polar surface area (TPSA) is 79.5 Å². The van der Waals surface area contributed by atoms with Gasteiger partial charge in [-0.1, -0.05) is 0 Å². The standard InChI is InChI=1S/C15H18F3N3O3.ClH/c16-15(17,18)9-20-14(23)10-1-3-11(4-2-10)21-13(22)7-12-8-24-6-5-19-12;/h1-4,12,19H,5-9H2,(H,20,23)(H,21,22);1H. The maximum atomic E-state index is 12.1. The number of morpholine rings is 1. The van der Waals surface area contributed by atoms with Gasteiger partial charge in [0, 0.05) is 30.3 Å². The van der Waals surface area contributed by atoms with E-state index in [0.29, 0.717) is 25.4 Å². The van der Waals surface area contributed by atoms with Crippen LogP contribution >= 0.6 is 12.4 Å². The molecule has 25 heavy (non-hydrogen) atoms. The third-order valence-corrected chi connectivity index (χ3v) is 3.31. The minimum atomic E-state index is -4.46. The molecule has 0 radical (unpaired) electrons. The number of carbonyl (C=O) groups excluding carboxylic acids is 2. The number of benzene rings is 1. The normalized spacial score (nSPS) is 17.3. The molecule has 1 atom stereocenters. The monoisotopic (exact) mass is 381 g/mol. The molecule has 140 valence electrons. The first-order chi connectivity index (χ1) is 11.3. The molecule has 6 nitrogen and oxygen atoms in total.